The topological polar surface area (TPSA) is 47.3 Å². The van der Waals surface area contributed by atoms with Gasteiger partial charge in [0.25, 0.3) is 0 Å². The van der Waals surface area contributed by atoms with Gasteiger partial charge in [-0.25, -0.2) is 0 Å². The van der Waals surface area contributed by atoms with E-state index in [1.165, 1.54) is 0 Å². The number of rotatable bonds is 5. The molecule has 0 heterocycles. The van der Waals surface area contributed by atoms with Crippen LogP contribution in [0.3, 0.4) is 0 Å². The van der Waals surface area contributed by atoms with Crippen LogP contribution in [0.2, 0.25) is 5.02 Å². The zero-order valence-corrected chi connectivity index (χ0v) is 8.05. The zero-order valence-electron chi connectivity index (χ0n) is 7.29. The van der Waals surface area contributed by atoms with Gasteiger partial charge < -0.3 is 4.74 Å². The van der Waals surface area contributed by atoms with E-state index in [4.69, 9.17) is 22.2 Å². The maximum absolute atomic E-state index is 5.77. The molecule has 0 spiro atoms. The molecule has 0 unspecified atom stereocenters. The third-order valence-electron chi connectivity index (χ3n) is 1.53. The average Bonchev–Trinajstić information content (AvgIpc) is 2.13. The number of ether oxygens (including phenoxy) is 1. The summed E-state index contributed by atoms with van der Waals surface area (Å²) in [7, 11) is 0. The van der Waals surface area contributed by atoms with Gasteiger partial charge in [-0.2, -0.15) is 0 Å². The van der Waals surface area contributed by atoms with Gasteiger partial charge in [-0.05, 0) is 24.6 Å². The lowest BCUT2D eigenvalue weighted by Gasteiger charge is -2.05. The number of hydrogen-bond acceptors (Lipinski definition) is 3. The lowest BCUT2D eigenvalue weighted by atomic mass is 10.3. The first-order chi connectivity index (χ1) is 6.33. The minimum absolute atomic E-state index is 0.643. The number of nitrogens with one attached hydrogen (secondary N) is 1. The van der Waals surface area contributed by atoms with Gasteiger partial charge in [0, 0.05) is 11.6 Å². The van der Waals surface area contributed by atoms with Crippen LogP contribution in [0.15, 0.2) is 24.3 Å². The van der Waals surface area contributed by atoms with Gasteiger partial charge in [0.05, 0.1) is 6.61 Å². The van der Waals surface area contributed by atoms with E-state index in [9.17, 15) is 0 Å². The fourth-order valence-electron chi connectivity index (χ4n) is 0.921. The van der Waals surface area contributed by atoms with Crippen molar-refractivity contribution in [2.75, 3.05) is 13.2 Å². The van der Waals surface area contributed by atoms with Gasteiger partial charge in [-0.1, -0.05) is 17.7 Å². The van der Waals surface area contributed by atoms with Crippen molar-refractivity contribution in [1.82, 2.24) is 5.43 Å². The lowest BCUT2D eigenvalue weighted by Crippen LogP contribution is -2.24. The molecule has 1 aromatic rings. The Bertz CT molecular complexity index is 255. The fourth-order valence-corrected chi connectivity index (χ4v) is 1.10. The van der Waals surface area contributed by atoms with E-state index in [2.05, 4.69) is 5.43 Å². The Balaban J connectivity index is 2.28. The van der Waals surface area contributed by atoms with Crippen LogP contribution >= 0.6 is 11.6 Å². The third kappa shape index (κ3) is 4.12. The summed E-state index contributed by atoms with van der Waals surface area (Å²) in [4.78, 5) is 0. The molecule has 1 rings (SSSR count). The summed E-state index contributed by atoms with van der Waals surface area (Å²) >= 11 is 5.77. The van der Waals surface area contributed by atoms with Crippen LogP contribution in [0, 0.1) is 0 Å². The molecule has 1 aromatic carbocycles. The molecule has 0 saturated heterocycles. The summed E-state index contributed by atoms with van der Waals surface area (Å²) in [6.45, 7) is 1.39. The van der Waals surface area contributed by atoms with E-state index in [1.54, 1.807) is 6.07 Å². The quantitative estimate of drug-likeness (QED) is 0.431. The van der Waals surface area contributed by atoms with Crippen molar-refractivity contribution in [1.29, 1.82) is 0 Å². The zero-order chi connectivity index (χ0) is 9.52. The Labute approximate surface area is 82.8 Å². The molecule has 0 aliphatic rings. The molecule has 3 N–H and O–H groups in total. The summed E-state index contributed by atoms with van der Waals surface area (Å²) in [5, 5.41) is 0.689. The van der Waals surface area contributed by atoms with Gasteiger partial charge in [-0.15, -0.1) is 0 Å². The van der Waals surface area contributed by atoms with Crippen LogP contribution in [0.4, 0.5) is 0 Å². The first kappa shape index (κ1) is 10.3. The highest BCUT2D eigenvalue weighted by Gasteiger charge is 1.93. The Morgan fingerprint density at radius 2 is 2.31 bits per heavy atom. The van der Waals surface area contributed by atoms with Gasteiger partial charge in [0.1, 0.15) is 5.75 Å². The molecule has 3 nitrogen and oxygen atoms in total. The van der Waals surface area contributed by atoms with Gasteiger partial charge in [-0.3, -0.25) is 11.3 Å². The number of benzene rings is 1. The highest BCUT2D eigenvalue weighted by Crippen LogP contribution is 2.16. The van der Waals surface area contributed by atoms with Crippen LogP contribution in [0.1, 0.15) is 6.42 Å². The monoisotopic (exact) mass is 200 g/mol. The maximum Gasteiger partial charge on any atom is 0.120 e. The normalized spacial score (nSPS) is 10.0. The molecule has 0 aliphatic carbocycles. The first-order valence-electron chi connectivity index (χ1n) is 4.15. The predicted octanol–water partition coefficient (Wildman–Crippen LogP) is 1.57. The Kier molecular flexibility index (Phi) is 4.60. The molecule has 4 heteroatoms. The third-order valence-corrected chi connectivity index (χ3v) is 1.77. The summed E-state index contributed by atoms with van der Waals surface area (Å²) < 4.78 is 5.41. The molecule has 0 radical (unpaired) electrons. The summed E-state index contributed by atoms with van der Waals surface area (Å²) in [5.41, 5.74) is 2.56. The predicted molar refractivity (Wildman–Crippen MR) is 53.8 cm³/mol. The summed E-state index contributed by atoms with van der Waals surface area (Å²) in [6.07, 6.45) is 0.878. The SMILES string of the molecule is NNCCCOc1cccc(Cl)c1. The Morgan fingerprint density at radius 3 is 3.00 bits per heavy atom. The van der Waals surface area contributed by atoms with E-state index in [-0.39, 0.29) is 0 Å². The van der Waals surface area contributed by atoms with Crippen molar-refractivity contribution in [3.05, 3.63) is 29.3 Å². The minimum Gasteiger partial charge on any atom is -0.493 e. The van der Waals surface area contributed by atoms with Crippen molar-refractivity contribution in [3.8, 4) is 5.75 Å². The standard InChI is InChI=1S/C9H13ClN2O/c10-8-3-1-4-9(7-8)13-6-2-5-12-11/h1,3-4,7,12H,2,5-6,11H2. The van der Waals surface area contributed by atoms with Gasteiger partial charge >= 0.3 is 0 Å². The van der Waals surface area contributed by atoms with Crippen molar-refractivity contribution < 1.29 is 4.74 Å². The lowest BCUT2D eigenvalue weighted by molar-refractivity contribution is 0.308. The number of nitrogens with two attached hydrogens (primary N) is 1. The smallest absolute Gasteiger partial charge is 0.120 e. The molecule has 0 atom stereocenters. The molecule has 0 bridgehead atoms. The summed E-state index contributed by atoms with van der Waals surface area (Å²) in [6, 6.07) is 7.34. The average molecular weight is 201 g/mol. The van der Waals surface area contributed by atoms with Crippen molar-refractivity contribution in [3.63, 3.8) is 0 Å². The Hall–Kier alpha value is -0.770. The van der Waals surface area contributed by atoms with E-state index in [0.29, 0.717) is 11.6 Å². The van der Waals surface area contributed by atoms with Crippen LogP contribution in [0.5, 0.6) is 5.75 Å². The second kappa shape index (κ2) is 5.80. The van der Waals surface area contributed by atoms with E-state index in [1.807, 2.05) is 18.2 Å². The van der Waals surface area contributed by atoms with E-state index < -0.39 is 0 Å². The second-order valence-electron chi connectivity index (χ2n) is 2.61. The van der Waals surface area contributed by atoms with Gasteiger partial charge in [0.15, 0.2) is 0 Å². The molecular weight excluding hydrogens is 188 g/mol. The van der Waals surface area contributed by atoms with E-state index >= 15 is 0 Å². The largest absolute Gasteiger partial charge is 0.493 e. The maximum atomic E-state index is 5.77. The van der Waals surface area contributed by atoms with Crippen molar-refractivity contribution >= 4 is 11.6 Å². The molecule has 0 fully saturated rings. The molecule has 13 heavy (non-hydrogen) atoms. The van der Waals surface area contributed by atoms with Crippen LogP contribution < -0.4 is 16.0 Å². The minimum atomic E-state index is 0.643. The molecule has 72 valence electrons. The number of hydrazine groups is 1. The molecule has 0 amide bonds. The van der Waals surface area contributed by atoms with Crippen molar-refractivity contribution in [2.24, 2.45) is 5.84 Å². The van der Waals surface area contributed by atoms with Crippen LogP contribution in [-0.2, 0) is 0 Å². The number of halogens is 1. The highest BCUT2D eigenvalue weighted by molar-refractivity contribution is 6.30. The molecule has 0 aromatic heterocycles. The van der Waals surface area contributed by atoms with Crippen LogP contribution in [-0.4, -0.2) is 13.2 Å². The van der Waals surface area contributed by atoms with E-state index in [0.717, 1.165) is 18.7 Å². The first-order valence-corrected chi connectivity index (χ1v) is 4.52. The molecule has 0 saturated carbocycles. The van der Waals surface area contributed by atoms with Crippen LogP contribution in [0.25, 0.3) is 0 Å². The fraction of sp³-hybridized carbons (Fsp3) is 0.333. The molecule has 0 aliphatic heterocycles. The highest BCUT2D eigenvalue weighted by atomic mass is 35.5. The number of hydrogen-bond donors (Lipinski definition) is 2. The molecular formula is C9H13ClN2O. The Morgan fingerprint density at radius 1 is 1.46 bits per heavy atom. The van der Waals surface area contributed by atoms with Gasteiger partial charge in [0.2, 0.25) is 0 Å². The second-order valence-corrected chi connectivity index (χ2v) is 3.05. The summed E-state index contributed by atoms with van der Waals surface area (Å²) in [5.74, 6) is 5.90. The van der Waals surface area contributed by atoms with Crippen molar-refractivity contribution in [2.45, 2.75) is 6.42 Å².